The number of carbonyl (C=O) groups excluding carboxylic acids is 5. The van der Waals surface area contributed by atoms with Crippen molar-refractivity contribution < 1.29 is 33.4 Å². The van der Waals surface area contributed by atoms with Gasteiger partial charge in [-0.15, -0.1) is 0 Å². The van der Waals surface area contributed by atoms with E-state index in [4.69, 9.17) is 26.3 Å². The van der Waals surface area contributed by atoms with Crippen molar-refractivity contribution in [3.05, 3.63) is 82.4 Å². The van der Waals surface area contributed by atoms with Gasteiger partial charge < -0.3 is 19.3 Å². The van der Waals surface area contributed by atoms with E-state index in [0.717, 1.165) is 94.2 Å². The van der Waals surface area contributed by atoms with Gasteiger partial charge in [0.15, 0.2) is 0 Å². The number of rotatable bonds is 8. The quantitative estimate of drug-likeness (QED) is 0.311. The highest BCUT2D eigenvalue weighted by atomic mass is 35.5. The molecule has 0 radical (unpaired) electrons. The van der Waals surface area contributed by atoms with Crippen molar-refractivity contribution in [2.45, 2.75) is 69.2 Å². The molecule has 6 aliphatic heterocycles. The van der Waals surface area contributed by atoms with E-state index in [1.165, 1.54) is 0 Å². The maximum absolute atomic E-state index is 13.4. The van der Waals surface area contributed by atoms with Gasteiger partial charge in [-0.3, -0.25) is 39.2 Å². The third-order valence-electron chi connectivity index (χ3n) is 12.7. The van der Waals surface area contributed by atoms with Crippen LogP contribution in [-0.4, -0.2) is 114 Å². The maximum Gasteiger partial charge on any atom is 0.415 e. The summed E-state index contributed by atoms with van der Waals surface area (Å²) >= 11 is 6.21. The molecule has 4 atom stereocenters. The van der Waals surface area contributed by atoms with Gasteiger partial charge in [-0.2, -0.15) is 5.26 Å². The molecule has 0 aromatic heterocycles. The molecule has 3 aromatic carbocycles. The van der Waals surface area contributed by atoms with Crippen LogP contribution in [0, 0.1) is 17.2 Å². The Bertz CT molecular complexity index is 2200. The number of hydrogen-bond acceptors (Lipinski definition) is 11. The summed E-state index contributed by atoms with van der Waals surface area (Å²) in [6.45, 7) is 6.44. The van der Waals surface area contributed by atoms with Gasteiger partial charge in [-0.05, 0) is 92.6 Å². The van der Waals surface area contributed by atoms with Crippen LogP contribution in [0.3, 0.4) is 0 Å². The van der Waals surface area contributed by atoms with E-state index in [9.17, 15) is 24.0 Å². The van der Waals surface area contributed by atoms with Gasteiger partial charge in [0.2, 0.25) is 11.8 Å². The SMILES string of the molecule is N#Cc1ccc(OC2CC3CCC2N3C(=O)Oc2ccc(N3CCN(CC4CCN(c5ccc6c(c5)C(=O)N(C5CCC(=O)NC5=O)C6=O)CC4)CC3)cc2)cc1Cl. The van der Waals surface area contributed by atoms with Gasteiger partial charge in [0.05, 0.1) is 27.8 Å². The molecule has 0 spiro atoms. The molecule has 3 aromatic rings. The number of ether oxygens (including phenoxy) is 2. The van der Waals surface area contributed by atoms with Crippen LogP contribution in [0.25, 0.3) is 0 Å². The summed E-state index contributed by atoms with van der Waals surface area (Å²) in [4.78, 5) is 73.9. The minimum atomic E-state index is -0.972. The summed E-state index contributed by atoms with van der Waals surface area (Å²) in [7, 11) is 0. The van der Waals surface area contributed by atoms with Crippen LogP contribution in [-0.2, 0) is 9.59 Å². The van der Waals surface area contributed by atoms with Gasteiger partial charge >= 0.3 is 6.09 Å². The molecule has 6 heterocycles. The zero-order valence-corrected chi connectivity index (χ0v) is 32.7. The number of imide groups is 2. The largest absolute Gasteiger partial charge is 0.488 e. The van der Waals surface area contributed by atoms with Crippen molar-refractivity contribution in [3.63, 3.8) is 0 Å². The lowest BCUT2D eigenvalue weighted by atomic mass is 9.95. The summed E-state index contributed by atoms with van der Waals surface area (Å²) in [5.74, 6) is -0.318. The van der Waals surface area contributed by atoms with Gasteiger partial charge in [0, 0.05) is 82.1 Å². The van der Waals surface area contributed by atoms with Crippen LogP contribution >= 0.6 is 11.6 Å². The highest BCUT2D eigenvalue weighted by Crippen LogP contribution is 2.41. The highest BCUT2D eigenvalue weighted by molar-refractivity contribution is 6.31. The molecule has 5 fully saturated rings. The monoisotopic (exact) mass is 805 g/mol. The standard InChI is InChI=1S/C43H44ClN7O7/c44-35-23-32(6-1-27(35)24-45)57-38-22-30-5-10-36(38)50(30)43(56)58-31-7-2-28(3-8-31)49-19-17-47(18-20-49)25-26-13-15-48(16-14-26)29-4-9-33-34(21-29)42(55)51(41(33)54)37-11-12-39(52)46-40(37)53/h1-4,6-9,21,23,26,30,36-38H,5,10-20,22,25H2,(H,46,52,53). The second-order valence-electron chi connectivity index (χ2n) is 16.1. The maximum atomic E-state index is 13.4. The van der Waals surface area contributed by atoms with Gasteiger partial charge in [0.25, 0.3) is 11.8 Å². The van der Waals surface area contributed by atoms with Crippen molar-refractivity contribution in [1.82, 2.24) is 20.0 Å². The van der Waals surface area contributed by atoms with Gasteiger partial charge in [0.1, 0.15) is 29.7 Å². The Balaban J connectivity index is 0.721. The Labute approximate surface area is 341 Å². The topological polar surface area (TPSA) is 156 Å². The van der Waals surface area contributed by atoms with Crippen LogP contribution < -0.4 is 24.6 Å². The first-order valence-electron chi connectivity index (χ1n) is 20.2. The number of piperazine rings is 1. The minimum Gasteiger partial charge on any atom is -0.488 e. The average Bonchev–Trinajstić information content (AvgIpc) is 3.88. The fourth-order valence-electron chi connectivity index (χ4n) is 9.64. The molecule has 0 saturated carbocycles. The number of nitriles is 1. The molecule has 0 aliphatic carbocycles. The number of nitrogens with zero attached hydrogens (tertiary/aromatic N) is 6. The second kappa shape index (κ2) is 15.6. The molecular weight excluding hydrogens is 762 g/mol. The Morgan fingerprint density at radius 2 is 1.50 bits per heavy atom. The lowest BCUT2D eigenvalue weighted by Crippen LogP contribution is -2.54. The lowest BCUT2D eigenvalue weighted by molar-refractivity contribution is -0.136. The Morgan fingerprint density at radius 1 is 0.793 bits per heavy atom. The average molecular weight is 806 g/mol. The lowest BCUT2D eigenvalue weighted by Gasteiger charge is -2.40. The number of nitrogens with one attached hydrogen (secondary N) is 1. The molecule has 4 unspecified atom stereocenters. The number of benzene rings is 3. The molecule has 300 valence electrons. The normalized spacial score (nSPS) is 24.9. The van der Waals surface area contributed by atoms with Crippen LogP contribution in [0.2, 0.25) is 5.02 Å². The molecule has 5 amide bonds. The van der Waals surface area contributed by atoms with Crippen molar-refractivity contribution in [2.24, 2.45) is 5.92 Å². The van der Waals surface area contributed by atoms with Crippen molar-refractivity contribution in [2.75, 3.05) is 55.6 Å². The fraction of sp³-hybridized carbons (Fsp3) is 0.442. The molecule has 58 heavy (non-hydrogen) atoms. The van der Waals surface area contributed by atoms with Crippen molar-refractivity contribution >= 4 is 52.7 Å². The van der Waals surface area contributed by atoms with Crippen LogP contribution in [0.15, 0.2) is 60.7 Å². The van der Waals surface area contributed by atoms with Crippen LogP contribution in [0.5, 0.6) is 11.5 Å². The highest BCUT2D eigenvalue weighted by Gasteiger charge is 2.51. The number of halogens is 1. The number of piperidine rings is 2. The number of hydrogen-bond donors (Lipinski definition) is 1. The first kappa shape index (κ1) is 37.9. The third kappa shape index (κ3) is 7.22. The van der Waals surface area contributed by atoms with E-state index in [1.807, 2.05) is 35.2 Å². The summed E-state index contributed by atoms with van der Waals surface area (Å²) < 4.78 is 12.1. The fourth-order valence-corrected chi connectivity index (χ4v) is 9.85. The summed E-state index contributed by atoms with van der Waals surface area (Å²) in [6, 6.07) is 19.2. The molecule has 9 rings (SSSR count). The predicted octanol–water partition coefficient (Wildman–Crippen LogP) is 4.83. The first-order chi connectivity index (χ1) is 28.1. The van der Waals surface area contributed by atoms with E-state index < -0.39 is 29.7 Å². The van der Waals surface area contributed by atoms with E-state index in [2.05, 4.69) is 26.1 Å². The molecule has 2 bridgehead atoms. The van der Waals surface area contributed by atoms with Crippen molar-refractivity contribution in [3.8, 4) is 17.6 Å². The van der Waals surface area contributed by atoms with E-state index in [-0.39, 0.29) is 37.1 Å². The van der Waals surface area contributed by atoms with Crippen LogP contribution in [0.1, 0.15) is 71.2 Å². The third-order valence-corrected chi connectivity index (χ3v) is 13.1. The smallest absolute Gasteiger partial charge is 0.415 e. The molecule has 5 saturated heterocycles. The molecule has 14 nitrogen and oxygen atoms in total. The summed E-state index contributed by atoms with van der Waals surface area (Å²) in [6.07, 6.45) is 4.22. The number of anilines is 2. The zero-order valence-electron chi connectivity index (χ0n) is 32.0. The predicted molar refractivity (Wildman–Crippen MR) is 213 cm³/mol. The summed E-state index contributed by atoms with van der Waals surface area (Å²) in [5.41, 5.74) is 2.99. The molecule has 1 N–H and O–H groups in total. The number of amides is 5. The molecule has 6 aliphatic rings. The number of carbonyl (C=O) groups is 5. The van der Waals surface area contributed by atoms with Crippen molar-refractivity contribution in [1.29, 1.82) is 5.26 Å². The zero-order chi connectivity index (χ0) is 40.1. The number of fused-ring (bicyclic) bond motifs is 3. The molecular formula is C43H44ClN7O7. The van der Waals surface area contributed by atoms with E-state index in [0.29, 0.717) is 39.1 Å². The Morgan fingerprint density at radius 3 is 2.22 bits per heavy atom. The summed E-state index contributed by atoms with van der Waals surface area (Å²) in [5, 5.41) is 11.8. The van der Waals surface area contributed by atoms with E-state index in [1.54, 1.807) is 30.3 Å². The van der Waals surface area contributed by atoms with Crippen LogP contribution in [0.4, 0.5) is 16.2 Å². The first-order valence-corrected chi connectivity index (χ1v) is 20.6. The van der Waals surface area contributed by atoms with E-state index >= 15 is 0 Å². The van der Waals surface area contributed by atoms with Gasteiger partial charge in [-0.25, -0.2) is 4.79 Å². The Kier molecular flexibility index (Phi) is 10.2. The minimum absolute atomic E-state index is 0.0609. The molecule has 15 heteroatoms. The van der Waals surface area contributed by atoms with Gasteiger partial charge in [-0.1, -0.05) is 11.6 Å². The Hall–Kier alpha value is -5.65. The second-order valence-corrected chi connectivity index (χ2v) is 16.5.